The molecule has 0 aromatic carbocycles. The quantitative estimate of drug-likeness (QED) is 0.603. The minimum atomic E-state index is -1.76. The highest BCUT2D eigenvalue weighted by atomic mass is 19.2. The second-order valence-corrected chi connectivity index (χ2v) is 5.65. The highest BCUT2D eigenvalue weighted by molar-refractivity contribution is 5.02. The second kappa shape index (κ2) is 2.70. The molecule has 84 valence electrons. The smallest absolute Gasteiger partial charge is 0.235 e. The van der Waals surface area contributed by atoms with Crippen LogP contribution in [0.1, 0.15) is 48.5 Å². The Bertz CT molecular complexity index is 192. The number of hydrogen-bond acceptors (Lipinski definition) is 2. The lowest BCUT2D eigenvalue weighted by Gasteiger charge is -2.56. The van der Waals surface area contributed by atoms with Crippen LogP contribution in [0.3, 0.4) is 0 Å². The summed E-state index contributed by atoms with van der Waals surface area (Å²) in [4.78, 5) is 0. The summed E-state index contributed by atoms with van der Waals surface area (Å²) >= 11 is 0. The van der Waals surface area contributed by atoms with E-state index in [1.807, 2.05) is 27.7 Å². The molecule has 0 saturated carbocycles. The van der Waals surface area contributed by atoms with Gasteiger partial charge in [0.2, 0.25) is 5.85 Å². The molecule has 0 aliphatic carbocycles. The number of hydrogen-bond donors (Lipinski definition) is 0. The Hall–Kier alpha value is -0.150. The van der Waals surface area contributed by atoms with Crippen molar-refractivity contribution in [2.24, 2.45) is 0 Å². The van der Waals surface area contributed by atoms with E-state index in [-0.39, 0.29) is 0 Å². The molecule has 1 unspecified atom stereocenters. The predicted molar refractivity (Wildman–Crippen MR) is 53.9 cm³/mol. The fraction of sp³-hybridized carbons (Fsp3) is 1.00. The van der Waals surface area contributed by atoms with Crippen LogP contribution >= 0.6 is 0 Å². The summed E-state index contributed by atoms with van der Waals surface area (Å²) < 4.78 is 25.4. The third kappa shape index (κ3) is 1.57. The molecule has 0 spiro atoms. The van der Waals surface area contributed by atoms with Crippen LogP contribution in [0.5, 0.6) is 0 Å². The van der Waals surface area contributed by atoms with E-state index < -0.39 is 22.7 Å². The van der Waals surface area contributed by atoms with Crippen molar-refractivity contribution in [1.82, 2.24) is 0 Å². The predicted octanol–water partition coefficient (Wildman–Crippen LogP) is 3.05. The van der Waals surface area contributed by atoms with Crippen LogP contribution in [0.2, 0.25) is 0 Å². The van der Waals surface area contributed by atoms with Crippen molar-refractivity contribution < 1.29 is 13.9 Å². The molecule has 0 aromatic rings. The number of ether oxygens (including phenoxy) is 2. The Balaban J connectivity index is 3.07. The van der Waals surface area contributed by atoms with E-state index in [0.29, 0.717) is 0 Å². The first-order valence-corrected chi connectivity index (χ1v) is 5.01. The molecule has 0 aromatic heterocycles. The third-order valence-electron chi connectivity index (χ3n) is 3.48. The topological polar surface area (TPSA) is 18.5 Å². The standard InChI is InChI=1S/C11H21FO2/c1-8(2)9(3,4)14-11(7,12)10(5,6)13-8/h1-7H3. The van der Waals surface area contributed by atoms with Crippen molar-refractivity contribution in [3.05, 3.63) is 0 Å². The van der Waals surface area contributed by atoms with E-state index >= 15 is 0 Å². The van der Waals surface area contributed by atoms with Gasteiger partial charge in [0.15, 0.2) is 0 Å². The van der Waals surface area contributed by atoms with Gasteiger partial charge in [0.25, 0.3) is 0 Å². The Kier molecular flexibility index (Phi) is 2.30. The van der Waals surface area contributed by atoms with Crippen LogP contribution in [0, 0.1) is 0 Å². The van der Waals surface area contributed by atoms with Crippen molar-refractivity contribution >= 4 is 0 Å². The monoisotopic (exact) mass is 204 g/mol. The van der Waals surface area contributed by atoms with Gasteiger partial charge in [0, 0.05) is 0 Å². The van der Waals surface area contributed by atoms with Gasteiger partial charge in [-0.1, -0.05) is 0 Å². The van der Waals surface area contributed by atoms with E-state index in [4.69, 9.17) is 9.47 Å². The van der Waals surface area contributed by atoms with E-state index in [2.05, 4.69) is 0 Å². The van der Waals surface area contributed by atoms with Gasteiger partial charge in [0.1, 0.15) is 5.60 Å². The average molecular weight is 204 g/mol. The van der Waals surface area contributed by atoms with Crippen molar-refractivity contribution in [3.8, 4) is 0 Å². The lowest BCUT2D eigenvalue weighted by molar-refractivity contribution is -0.396. The molecule has 1 atom stereocenters. The third-order valence-corrected chi connectivity index (χ3v) is 3.48. The van der Waals surface area contributed by atoms with Gasteiger partial charge >= 0.3 is 0 Å². The van der Waals surface area contributed by atoms with Gasteiger partial charge in [-0.15, -0.1) is 0 Å². The maximum Gasteiger partial charge on any atom is 0.235 e. The first-order valence-electron chi connectivity index (χ1n) is 5.01. The lowest BCUT2D eigenvalue weighted by Crippen LogP contribution is -2.67. The van der Waals surface area contributed by atoms with Crippen LogP contribution in [0.4, 0.5) is 4.39 Å². The summed E-state index contributed by atoms with van der Waals surface area (Å²) in [6.07, 6.45) is 0. The van der Waals surface area contributed by atoms with E-state index in [1.54, 1.807) is 13.8 Å². The van der Waals surface area contributed by atoms with Crippen molar-refractivity contribution in [1.29, 1.82) is 0 Å². The maximum atomic E-state index is 14.1. The fourth-order valence-corrected chi connectivity index (χ4v) is 1.58. The summed E-state index contributed by atoms with van der Waals surface area (Å²) in [6, 6.07) is 0. The molecule has 3 heteroatoms. The number of alkyl halides is 1. The zero-order chi connectivity index (χ0) is 11.4. The van der Waals surface area contributed by atoms with Crippen LogP contribution in [0.15, 0.2) is 0 Å². The van der Waals surface area contributed by atoms with Gasteiger partial charge in [-0.2, -0.15) is 0 Å². The van der Waals surface area contributed by atoms with Gasteiger partial charge in [-0.3, -0.25) is 0 Å². The molecule has 0 bridgehead atoms. The van der Waals surface area contributed by atoms with Gasteiger partial charge in [-0.05, 0) is 48.5 Å². The van der Waals surface area contributed by atoms with Crippen molar-refractivity contribution in [2.45, 2.75) is 71.1 Å². The van der Waals surface area contributed by atoms with Crippen LogP contribution in [-0.2, 0) is 9.47 Å². The zero-order valence-electron chi connectivity index (χ0n) is 10.2. The molecule has 14 heavy (non-hydrogen) atoms. The largest absolute Gasteiger partial charge is 0.361 e. The summed E-state index contributed by atoms with van der Waals surface area (Å²) in [7, 11) is 0. The molecule has 0 radical (unpaired) electrons. The lowest BCUT2D eigenvalue weighted by atomic mass is 9.83. The SMILES string of the molecule is CC1(C)OC(C)(C)C(C)(F)OC1(C)C. The molecule has 0 N–H and O–H groups in total. The molecule has 1 heterocycles. The van der Waals surface area contributed by atoms with Gasteiger partial charge in [-0.25, -0.2) is 4.39 Å². The average Bonchev–Trinajstić information content (AvgIpc) is 1.78. The minimum Gasteiger partial charge on any atom is -0.361 e. The summed E-state index contributed by atoms with van der Waals surface area (Å²) in [6.45, 7) is 12.4. The Morgan fingerprint density at radius 2 is 1.00 bits per heavy atom. The van der Waals surface area contributed by atoms with Crippen LogP contribution in [-0.4, -0.2) is 22.7 Å². The highest BCUT2D eigenvalue weighted by Gasteiger charge is 2.59. The Morgan fingerprint density at radius 3 is 1.36 bits per heavy atom. The van der Waals surface area contributed by atoms with E-state index in [0.717, 1.165) is 0 Å². The molecule has 0 amide bonds. The maximum absolute atomic E-state index is 14.1. The number of rotatable bonds is 0. The molecule has 1 rings (SSSR count). The summed E-state index contributed by atoms with van der Waals surface area (Å²) in [5, 5.41) is 0. The molecular weight excluding hydrogens is 183 g/mol. The Labute approximate surface area is 85.8 Å². The van der Waals surface area contributed by atoms with Crippen LogP contribution in [0.25, 0.3) is 0 Å². The van der Waals surface area contributed by atoms with Gasteiger partial charge in [0.05, 0.1) is 11.2 Å². The van der Waals surface area contributed by atoms with Gasteiger partial charge < -0.3 is 9.47 Å². The van der Waals surface area contributed by atoms with Crippen molar-refractivity contribution in [2.75, 3.05) is 0 Å². The molecule has 1 aliphatic rings. The summed E-state index contributed by atoms with van der Waals surface area (Å²) in [5.74, 6) is -1.76. The molecule has 1 saturated heterocycles. The van der Waals surface area contributed by atoms with Crippen molar-refractivity contribution in [3.63, 3.8) is 0 Å². The highest BCUT2D eigenvalue weighted by Crippen LogP contribution is 2.47. The normalized spacial score (nSPS) is 39.4. The molecule has 2 nitrogen and oxygen atoms in total. The zero-order valence-corrected chi connectivity index (χ0v) is 10.2. The molecule has 1 fully saturated rings. The van der Waals surface area contributed by atoms with E-state index in [1.165, 1.54) is 6.92 Å². The number of halogens is 1. The fourth-order valence-electron chi connectivity index (χ4n) is 1.58. The summed E-state index contributed by atoms with van der Waals surface area (Å²) in [5.41, 5.74) is -2.06. The Morgan fingerprint density at radius 1 is 0.643 bits per heavy atom. The molecular formula is C11H21FO2. The molecule has 1 aliphatic heterocycles. The first kappa shape index (κ1) is 11.9. The van der Waals surface area contributed by atoms with Crippen LogP contribution < -0.4 is 0 Å². The second-order valence-electron chi connectivity index (χ2n) is 5.65. The van der Waals surface area contributed by atoms with E-state index in [9.17, 15) is 4.39 Å². The minimum absolute atomic E-state index is 0.498. The first-order chi connectivity index (χ1) is 5.91.